The first kappa shape index (κ1) is 13.5. The van der Waals surface area contributed by atoms with E-state index in [0.717, 1.165) is 27.8 Å². The number of H-pyrrole nitrogens is 1. The number of imidazole rings is 1. The van der Waals surface area contributed by atoms with Gasteiger partial charge < -0.3 is 4.98 Å². The van der Waals surface area contributed by atoms with Crippen LogP contribution in [-0.2, 0) is 6.42 Å². The topological polar surface area (TPSA) is 54.5 Å². The van der Waals surface area contributed by atoms with Crippen LogP contribution < -0.4 is 0 Å². The minimum absolute atomic E-state index is 0.412. The maximum atomic E-state index is 6.05. The number of pyridine rings is 2. The summed E-state index contributed by atoms with van der Waals surface area (Å²) in [6.07, 6.45) is 3.99. The van der Waals surface area contributed by atoms with Gasteiger partial charge >= 0.3 is 0 Å². The molecule has 0 radical (unpaired) electrons. The van der Waals surface area contributed by atoms with Crippen LogP contribution in [0.25, 0.3) is 21.9 Å². The van der Waals surface area contributed by atoms with Crippen LogP contribution in [0.4, 0.5) is 0 Å². The lowest BCUT2D eigenvalue weighted by atomic mass is 10.1. The molecule has 0 aliphatic rings. The molecule has 4 aromatic rings. The van der Waals surface area contributed by atoms with Gasteiger partial charge in [0.2, 0.25) is 0 Å². The van der Waals surface area contributed by atoms with Crippen molar-refractivity contribution in [1.82, 2.24) is 19.9 Å². The molecule has 0 saturated heterocycles. The van der Waals surface area contributed by atoms with E-state index in [9.17, 15) is 0 Å². The minimum atomic E-state index is 0.412. The van der Waals surface area contributed by atoms with Crippen molar-refractivity contribution in [3.63, 3.8) is 0 Å². The lowest BCUT2D eigenvalue weighted by molar-refractivity contribution is 1.04. The molecule has 22 heavy (non-hydrogen) atoms. The fraction of sp³-hybridized carbons (Fsp3) is 0.0625. The summed E-state index contributed by atoms with van der Waals surface area (Å²) in [5.74, 6) is 0.847. The van der Waals surface area contributed by atoms with Gasteiger partial charge in [-0.15, -0.1) is 0 Å². The van der Waals surface area contributed by atoms with Gasteiger partial charge in [-0.2, -0.15) is 0 Å². The van der Waals surface area contributed by atoms with Gasteiger partial charge in [-0.05, 0) is 29.8 Å². The van der Waals surface area contributed by atoms with Crippen molar-refractivity contribution < 1.29 is 0 Å². The van der Waals surface area contributed by atoms with Crippen LogP contribution in [0.5, 0.6) is 0 Å². The highest BCUT2D eigenvalue weighted by molar-refractivity contribution is 6.33. The molecule has 0 saturated carbocycles. The Kier molecular flexibility index (Phi) is 3.21. The molecule has 3 aromatic heterocycles. The highest BCUT2D eigenvalue weighted by Crippen LogP contribution is 2.22. The molecule has 0 amide bonds. The van der Waals surface area contributed by atoms with Gasteiger partial charge in [-0.3, -0.25) is 4.98 Å². The third-order valence-electron chi connectivity index (χ3n) is 3.49. The molecule has 0 spiro atoms. The number of nitrogens with one attached hydrogen (secondary N) is 1. The minimum Gasteiger partial charge on any atom is -0.342 e. The molecule has 1 aromatic carbocycles. The lowest BCUT2D eigenvalue weighted by Gasteiger charge is -2.02. The van der Waals surface area contributed by atoms with E-state index >= 15 is 0 Å². The van der Waals surface area contributed by atoms with Crippen molar-refractivity contribution in [3.05, 3.63) is 64.3 Å². The van der Waals surface area contributed by atoms with E-state index in [0.29, 0.717) is 22.1 Å². The van der Waals surface area contributed by atoms with Crippen molar-refractivity contribution >= 4 is 45.1 Å². The second kappa shape index (κ2) is 5.23. The van der Waals surface area contributed by atoms with Gasteiger partial charge in [0.1, 0.15) is 11.3 Å². The lowest BCUT2D eigenvalue weighted by Crippen LogP contribution is -1.91. The molecular weight excluding hydrogens is 319 g/mol. The Balaban J connectivity index is 1.73. The van der Waals surface area contributed by atoms with Crippen LogP contribution in [0.1, 0.15) is 11.4 Å². The standard InChI is InChI=1S/C16H10Cl2N4/c17-11-7-10-5-9(1-2-12(10)20-8-11)6-14-21-13-3-4-19-16(18)15(13)22-14/h1-5,7-8H,6H2,(H,21,22). The van der Waals surface area contributed by atoms with E-state index in [-0.39, 0.29) is 0 Å². The number of hydrogen-bond donors (Lipinski definition) is 1. The van der Waals surface area contributed by atoms with E-state index in [1.807, 2.05) is 24.3 Å². The normalized spacial score (nSPS) is 11.4. The molecule has 4 nitrogen and oxygen atoms in total. The second-order valence-corrected chi connectivity index (χ2v) is 5.83. The Labute approximate surface area is 136 Å². The summed E-state index contributed by atoms with van der Waals surface area (Å²) >= 11 is 12.1. The van der Waals surface area contributed by atoms with Crippen molar-refractivity contribution in [2.75, 3.05) is 0 Å². The maximum absolute atomic E-state index is 6.05. The molecule has 0 bridgehead atoms. The summed E-state index contributed by atoms with van der Waals surface area (Å²) in [6.45, 7) is 0. The highest BCUT2D eigenvalue weighted by Gasteiger charge is 2.08. The first-order valence-electron chi connectivity index (χ1n) is 6.72. The smallest absolute Gasteiger partial charge is 0.156 e. The molecule has 0 aliphatic carbocycles. The summed E-state index contributed by atoms with van der Waals surface area (Å²) in [5, 5.41) is 2.06. The zero-order chi connectivity index (χ0) is 15.1. The third kappa shape index (κ3) is 2.40. The first-order valence-corrected chi connectivity index (χ1v) is 7.48. The van der Waals surface area contributed by atoms with Crippen LogP contribution >= 0.6 is 23.2 Å². The van der Waals surface area contributed by atoms with Gasteiger partial charge in [-0.25, -0.2) is 9.97 Å². The van der Waals surface area contributed by atoms with E-state index in [1.165, 1.54) is 0 Å². The summed E-state index contributed by atoms with van der Waals surface area (Å²) in [4.78, 5) is 16.1. The molecule has 4 rings (SSSR count). The quantitative estimate of drug-likeness (QED) is 0.555. The largest absolute Gasteiger partial charge is 0.342 e. The number of aromatic nitrogens is 4. The van der Waals surface area contributed by atoms with E-state index < -0.39 is 0 Å². The molecule has 3 heterocycles. The van der Waals surface area contributed by atoms with Crippen LogP contribution in [0.3, 0.4) is 0 Å². The van der Waals surface area contributed by atoms with Gasteiger partial charge in [0.25, 0.3) is 0 Å². The summed E-state index contributed by atoms with van der Waals surface area (Å²) < 4.78 is 0. The fourth-order valence-corrected chi connectivity index (χ4v) is 2.86. The number of rotatable bonds is 2. The summed E-state index contributed by atoms with van der Waals surface area (Å²) in [7, 11) is 0. The molecule has 6 heteroatoms. The molecule has 0 fully saturated rings. The molecule has 1 N–H and O–H groups in total. The summed E-state index contributed by atoms with van der Waals surface area (Å²) in [6, 6.07) is 9.87. The van der Waals surface area contributed by atoms with E-state index in [4.69, 9.17) is 23.2 Å². The number of nitrogens with zero attached hydrogens (tertiary/aromatic N) is 3. The van der Waals surface area contributed by atoms with Crippen LogP contribution in [0.15, 0.2) is 42.7 Å². The number of aromatic amines is 1. The predicted octanol–water partition coefficient (Wildman–Crippen LogP) is 4.40. The fourth-order valence-electron chi connectivity index (χ4n) is 2.50. The van der Waals surface area contributed by atoms with Crippen LogP contribution in [0, 0.1) is 0 Å². The predicted molar refractivity (Wildman–Crippen MR) is 88.5 cm³/mol. The van der Waals surface area contributed by atoms with E-state index in [2.05, 4.69) is 26.0 Å². The summed E-state index contributed by atoms with van der Waals surface area (Å²) in [5.41, 5.74) is 3.63. The number of halogens is 2. The average Bonchev–Trinajstić information content (AvgIpc) is 2.91. The molecular formula is C16H10Cl2N4. The maximum Gasteiger partial charge on any atom is 0.156 e. The highest BCUT2D eigenvalue weighted by atomic mass is 35.5. The van der Waals surface area contributed by atoms with Crippen molar-refractivity contribution in [3.8, 4) is 0 Å². The third-order valence-corrected chi connectivity index (χ3v) is 3.97. The van der Waals surface area contributed by atoms with Crippen LogP contribution in [0.2, 0.25) is 10.2 Å². The van der Waals surface area contributed by atoms with Crippen molar-refractivity contribution in [1.29, 1.82) is 0 Å². The number of benzene rings is 1. The second-order valence-electron chi connectivity index (χ2n) is 5.04. The Hall–Kier alpha value is -2.17. The van der Waals surface area contributed by atoms with E-state index in [1.54, 1.807) is 12.4 Å². The molecule has 0 atom stereocenters. The first-order chi connectivity index (χ1) is 10.7. The van der Waals surface area contributed by atoms with Gasteiger partial charge in [0, 0.05) is 24.2 Å². The molecule has 0 aliphatic heterocycles. The Morgan fingerprint density at radius 3 is 2.82 bits per heavy atom. The zero-order valence-electron chi connectivity index (χ0n) is 11.3. The Morgan fingerprint density at radius 2 is 1.95 bits per heavy atom. The van der Waals surface area contributed by atoms with Crippen molar-refractivity contribution in [2.45, 2.75) is 6.42 Å². The number of fused-ring (bicyclic) bond motifs is 2. The zero-order valence-corrected chi connectivity index (χ0v) is 12.9. The monoisotopic (exact) mass is 328 g/mol. The molecule has 108 valence electrons. The van der Waals surface area contributed by atoms with Crippen LogP contribution in [-0.4, -0.2) is 19.9 Å². The average molecular weight is 329 g/mol. The van der Waals surface area contributed by atoms with Gasteiger partial charge in [0.05, 0.1) is 16.1 Å². The molecule has 0 unspecified atom stereocenters. The Bertz CT molecular complexity index is 994. The Morgan fingerprint density at radius 1 is 1.05 bits per heavy atom. The number of hydrogen-bond acceptors (Lipinski definition) is 3. The van der Waals surface area contributed by atoms with Gasteiger partial charge in [0.15, 0.2) is 5.15 Å². The van der Waals surface area contributed by atoms with Crippen molar-refractivity contribution in [2.24, 2.45) is 0 Å². The SMILES string of the molecule is Clc1cnc2ccc(Cc3nc4c(Cl)nccc4[nH]3)cc2c1. The van der Waals surface area contributed by atoms with Gasteiger partial charge in [-0.1, -0.05) is 29.3 Å².